The highest BCUT2D eigenvalue weighted by atomic mass is 16.4. The van der Waals surface area contributed by atoms with Crippen molar-refractivity contribution >= 4 is 17.0 Å². The van der Waals surface area contributed by atoms with Crippen molar-refractivity contribution in [2.24, 2.45) is 0 Å². The first-order valence-corrected chi connectivity index (χ1v) is 5.97. The van der Waals surface area contributed by atoms with Crippen LogP contribution >= 0.6 is 0 Å². The molecule has 18 heavy (non-hydrogen) atoms. The summed E-state index contributed by atoms with van der Waals surface area (Å²) < 4.78 is 6.45. The molecular formula is C13H16N2O3. The Balaban J connectivity index is 2.67. The van der Waals surface area contributed by atoms with Crippen molar-refractivity contribution in [1.82, 2.24) is 4.68 Å². The molecule has 1 atom stereocenters. The molecule has 5 nitrogen and oxygen atoms in total. The molecule has 5 heteroatoms. The van der Waals surface area contributed by atoms with Gasteiger partial charge in [-0.2, -0.15) is 4.68 Å². The SMILES string of the molecule is CCC(C)N(C(C)=O)n1c(=O)oc2ccccc21. The van der Waals surface area contributed by atoms with Gasteiger partial charge in [0.15, 0.2) is 5.58 Å². The van der Waals surface area contributed by atoms with Gasteiger partial charge in [0.05, 0.1) is 6.04 Å². The Kier molecular flexibility index (Phi) is 3.23. The van der Waals surface area contributed by atoms with Crippen LogP contribution in [0.15, 0.2) is 33.5 Å². The molecule has 0 N–H and O–H groups in total. The second-order valence-corrected chi connectivity index (χ2v) is 4.27. The standard InChI is InChI=1S/C13H16N2O3/c1-4-9(2)14(10(3)16)15-11-7-5-6-8-12(11)18-13(15)17/h5-9H,4H2,1-3H3. The molecule has 0 radical (unpaired) electrons. The normalized spacial score (nSPS) is 12.6. The molecule has 1 heterocycles. The van der Waals surface area contributed by atoms with Crippen LogP contribution in [0, 0.1) is 0 Å². The Morgan fingerprint density at radius 2 is 2.11 bits per heavy atom. The lowest BCUT2D eigenvalue weighted by atomic mass is 10.2. The number of oxazole rings is 1. The lowest BCUT2D eigenvalue weighted by Crippen LogP contribution is -2.49. The molecule has 0 saturated carbocycles. The van der Waals surface area contributed by atoms with Gasteiger partial charge in [0.2, 0.25) is 5.91 Å². The summed E-state index contributed by atoms with van der Waals surface area (Å²) in [6.45, 7) is 5.31. The van der Waals surface area contributed by atoms with Crippen LogP contribution in [-0.4, -0.2) is 16.6 Å². The number of fused-ring (bicyclic) bond motifs is 1. The predicted octanol–water partition coefficient (Wildman–Crippen LogP) is 1.88. The average Bonchev–Trinajstić information content (AvgIpc) is 2.66. The minimum Gasteiger partial charge on any atom is -0.406 e. The summed E-state index contributed by atoms with van der Waals surface area (Å²) in [6, 6.07) is 7.00. The van der Waals surface area contributed by atoms with Gasteiger partial charge in [0, 0.05) is 6.92 Å². The first-order chi connectivity index (χ1) is 8.56. The van der Waals surface area contributed by atoms with E-state index >= 15 is 0 Å². The molecule has 0 aliphatic carbocycles. The lowest BCUT2D eigenvalue weighted by molar-refractivity contribution is -0.118. The van der Waals surface area contributed by atoms with Crippen molar-refractivity contribution in [1.29, 1.82) is 0 Å². The molecule has 1 aromatic carbocycles. The summed E-state index contributed by atoms with van der Waals surface area (Å²) >= 11 is 0. The van der Waals surface area contributed by atoms with Crippen LogP contribution in [-0.2, 0) is 4.79 Å². The van der Waals surface area contributed by atoms with Crippen LogP contribution < -0.4 is 10.8 Å². The minimum atomic E-state index is -0.535. The molecule has 96 valence electrons. The van der Waals surface area contributed by atoms with Gasteiger partial charge in [-0.3, -0.25) is 4.79 Å². The first-order valence-electron chi connectivity index (χ1n) is 5.97. The number of hydrogen-bond donors (Lipinski definition) is 0. The number of aromatic nitrogens is 1. The Labute approximate surface area is 105 Å². The van der Waals surface area contributed by atoms with Gasteiger partial charge in [-0.25, -0.2) is 9.80 Å². The predicted molar refractivity (Wildman–Crippen MR) is 69.1 cm³/mol. The van der Waals surface area contributed by atoms with E-state index in [9.17, 15) is 9.59 Å². The van der Waals surface area contributed by atoms with E-state index in [1.807, 2.05) is 19.9 Å². The Hall–Kier alpha value is -2.04. The van der Waals surface area contributed by atoms with Crippen molar-refractivity contribution in [3.05, 3.63) is 34.8 Å². The zero-order valence-electron chi connectivity index (χ0n) is 10.7. The van der Waals surface area contributed by atoms with Crippen molar-refractivity contribution in [2.75, 3.05) is 5.01 Å². The Bertz CT molecular complexity index is 626. The second kappa shape index (κ2) is 4.68. The van der Waals surface area contributed by atoms with E-state index in [1.165, 1.54) is 16.6 Å². The van der Waals surface area contributed by atoms with Crippen molar-refractivity contribution < 1.29 is 9.21 Å². The first kappa shape index (κ1) is 12.4. The fourth-order valence-corrected chi connectivity index (χ4v) is 1.98. The number of carbonyl (C=O) groups is 1. The van der Waals surface area contributed by atoms with E-state index in [2.05, 4.69) is 0 Å². The number of para-hydroxylation sites is 2. The number of benzene rings is 1. The van der Waals surface area contributed by atoms with Gasteiger partial charge in [0.25, 0.3) is 0 Å². The maximum Gasteiger partial charge on any atom is 0.439 e. The molecule has 0 aliphatic heterocycles. The Morgan fingerprint density at radius 1 is 1.44 bits per heavy atom. The van der Waals surface area contributed by atoms with Crippen molar-refractivity contribution in [3.8, 4) is 0 Å². The zero-order chi connectivity index (χ0) is 13.3. The van der Waals surface area contributed by atoms with Crippen LogP contribution in [0.3, 0.4) is 0 Å². The van der Waals surface area contributed by atoms with E-state index in [0.717, 1.165) is 6.42 Å². The van der Waals surface area contributed by atoms with Crippen LogP contribution in [0.1, 0.15) is 27.2 Å². The topological polar surface area (TPSA) is 55.5 Å². The number of rotatable bonds is 3. The Morgan fingerprint density at radius 3 is 2.72 bits per heavy atom. The van der Waals surface area contributed by atoms with Crippen molar-refractivity contribution in [2.45, 2.75) is 33.2 Å². The molecule has 2 rings (SSSR count). The third kappa shape index (κ3) is 1.92. The summed E-state index contributed by atoms with van der Waals surface area (Å²) in [5.74, 6) is -0.718. The van der Waals surface area contributed by atoms with Crippen LogP contribution in [0.5, 0.6) is 0 Å². The molecule has 0 saturated heterocycles. The molecule has 0 spiro atoms. The van der Waals surface area contributed by atoms with Gasteiger partial charge in [-0.15, -0.1) is 0 Å². The molecule has 0 aliphatic rings. The average molecular weight is 248 g/mol. The molecule has 0 bridgehead atoms. The van der Waals surface area contributed by atoms with Gasteiger partial charge >= 0.3 is 5.76 Å². The van der Waals surface area contributed by atoms with E-state index in [-0.39, 0.29) is 11.9 Å². The van der Waals surface area contributed by atoms with Gasteiger partial charge in [0.1, 0.15) is 5.52 Å². The highest BCUT2D eigenvalue weighted by Gasteiger charge is 2.22. The second-order valence-electron chi connectivity index (χ2n) is 4.27. The summed E-state index contributed by atoms with van der Waals surface area (Å²) in [5.41, 5.74) is 1.09. The third-order valence-corrected chi connectivity index (χ3v) is 3.01. The van der Waals surface area contributed by atoms with E-state index < -0.39 is 5.76 Å². The summed E-state index contributed by atoms with van der Waals surface area (Å²) in [5, 5.41) is 1.44. The van der Waals surface area contributed by atoms with E-state index in [1.54, 1.807) is 18.2 Å². The van der Waals surface area contributed by atoms with Crippen LogP contribution in [0.4, 0.5) is 0 Å². The summed E-state index contributed by atoms with van der Waals surface area (Å²) in [6.07, 6.45) is 0.755. The number of amides is 1. The fourth-order valence-electron chi connectivity index (χ4n) is 1.98. The van der Waals surface area contributed by atoms with Gasteiger partial charge < -0.3 is 4.42 Å². The monoisotopic (exact) mass is 248 g/mol. The summed E-state index contributed by atoms with van der Waals surface area (Å²) in [4.78, 5) is 23.7. The molecule has 1 aromatic heterocycles. The zero-order valence-corrected chi connectivity index (χ0v) is 10.7. The van der Waals surface area contributed by atoms with Gasteiger partial charge in [-0.1, -0.05) is 19.1 Å². The highest BCUT2D eigenvalue weighted by molar-refractivity contribution is 5.86. The maximum atomic E-state index is 11.9. The van der Waals surface area contributed by atoms with E-state index in [0.29, 0.717) is 11.1 Å². The number of hydrogen-bond acceptors (Lipinski definition) is 3. The smallest absolute Gasteiger partial charge is 0.406 e. The molecule has 1 amide bonds. The molecular weight excluding hydrogens is 232 g/mol. The van der Waals surface area contributed by atoms with Crippen molar-refractivity contribution in [3.63, 3.8) is 0 Å². The molecule has 0 fully saturated rings. The minimum absolute atomic E-state index is 0.0683. The number of nitrogens with zero attached hydrogens (tertiary/aromatic N) is 2. The van der Waals surface area contributed by atoms with Crippen LogP contribution in [0.25, 0.3) is 11.1 Å². The highest BCUT2D eigenvalue weighted by Crippen LogP contribution is 2.14. The maximum absolute atomic E-state index is 11.9. The lowest BCUT2D eigenvalue weighted by Gasteiger charge is -2.27. The quantitative estimate of drug-likeness (QED) is 0.833. The fraction of sp³-hybridized carbons (Fsp3) is 0.385. The molecule has 2 aromatic rings. The van der Waals surface area contributed by atoms with E-state index in [4.69, 9.17) is 4.42 Å². The third-order valence-electron chi connectivity index (χ3n) is 3.01. The summed E-state index contributed by atoms with van der Waals surface area (Å²) in [7, 11) is 0. The van der Waals surface area contributed by atoms with Gasteiger partial charge in [-0.05, 0) is 25.5 Å². The van der Waals surface area contributed by atoms with Crippen LogP contribution in [0.2, 0.25) is 0 Å². The number of carbonyl (C=O) groups excluding carboxylic acids is 1. The molecule has 1 unspecified atom stereocenters. The largest absolute Gasteiger partial charge is 0.439 e.